The molecule has 0 atom stereocenters. The molecule has 1 aliphatic heterocycles. The normalized spacial score (nSPS) is 21.7. The molecule has 1 aromatic carbocycles. The lowest BCUT2D eigenvalue weighted by atomic mass is 9.66. The standard InChI is InChI=1S/C16H23NO/c1-12-8-14-13(9-15(12)18-2)10-17-11-16(14)6-4-3-5-7-16/h8-9,17H,3-7,10-11H2,1-2H3. The third-order valence-corrected chi connectivity index (χ3v) is 4.78. The van der Waals surface area contributed by atoms with Crippen molar-refractivity contribution in [2.24, 2.45) is 0 Å². The molecule has 0 aromatic heterocycles. The largest absolute Gasteiger partial charge is 0.496 e. The molecule has 1 saturated carbocycles. The monoisotopic (exact) mass is 245 g/mol. The first-order valence-electron chi connectivity index (χ1n) is 7.14. The molecule has 0 radical (unpaired) electrons. The van der Waals surface area contributed by atoms with Crippen molar-refractivity contribution in [1.29, 1.82) is 0 Å². The highest BCUT2D eigenvalue weighted by atomic mass is 16.5. The van der Waals surface area contributed by atoms with Gasteiger partial charge in [0.1, 0.15) is 5.75 Å². The summed E-state index contributed by atoms with van der Waals surface area (Å²) in [5.74, 6) is 1.03. The number of aryl methyl sites for hydroxylation is 1. The van der Waals surface area contributed by atoms with Crippen LogP contribution < -0.4 is 10.1 Å². The molecular formula is C16H23NO. The van der Waals surface area contributed by atoms with Gasteiger partial charge in [-0.25, -0.2) is 0 Å². The Morgan fingerprint density at radius 1 is 1.17 bits per heavy atom. The van der Waals surface area contributed by atoms with Crippen LogP contribution in [0.4, 0.5) is 0 Å². The Hall–Kier alpha value is -1.02. The van der Waals surface area contributed by atoms with Gasteiger partial charge in [0.05, 0.1) is 7.11 Å². The number of benzene rings is 1. The van der Waals surface area contributed by atoms with Gasteiger partial charge in [-0.2, -0.15) is 0 Å². The summed E-state index contributed by atoms with van der Waals surface area (Å²) in [5.41, 5.74) is 4.73. The predicted octanol–water partition coefficient (Wildman–Crippen LogP) is 3.31. The second kappa shape index (κ2) is 4.58. The Labute approximate surface area is 110 Å². The van der Waals surface area contributed by atoms with E-state index >= 15 is 0 Å². The first-order valence-corrected chi connectivity index (χ1v) is 7.14. The second-order valence-corrected chi connectivity index (χ2v) is 5.92. The molecule has 2 aliphatic rings. The third kappa shape index (κ3) is 1.83. The number of fused-ring (bicyclic) bond motifs is 2. The second-order valence-electron chi connectivity index (χ2n) is 5.92. The molecule has 1 heterocycles. The highest BCUT2D eigenvalue weighted by Gasteiger charge is 2.37. The van der Waals surface area contributed by atoms with Crippen LogP contribution in [0.2, 0.25) is 0 Å². The van der Waals surface area contributed by atoms with Gasteiger partial charge in [0.15, 0.2) is 0 Å². The molecule has 2 nitrogen and oxygen atoms in total. The van der Waals surface area contributed by atoms with E-state index in [0.717, 1.165) is 18.8 Å². The molecule has 1 N–H and O–H groups in total. The molecular weight excluding hydrogens is 222 g/mol. The lowest BCUT2D eigenvalue weighted by Crippen LogP contribution is -2.44. The average molecular weight is 245 g/mol. The van der Waals surface area contributed by atoms with E-state index < -0.39 is 0 Å². The van der Waals surface area contributed by atoms with Crippen LogP contribution in [0, 0.1) is 6.92 Å². The van der Waals surface area contributed by atoms with Gasteiger partial charge in [0.2, 0.25) is 0 Å². The zero-order valence-electron chi connectivity index (χ0n) is 11.5. The highest BCUT2D eigenvalue weighted by Crippen LogP contribution is 2.43. The minimum atomic E-state index is 0.406. The molecule has 0 unspecified atom stereocenters. The molecule has 18 heavy (non-hydrogen) atoms. The fourth-order valence-corrected chi connectivity index (χ4v) is 3.80. The summed E-state index contributed by atoms with van der Waals surface area (Å²) in [5, 5.41) is 3.62. The van der Waals surface area contributed by atoms with Crippen molar-refractivity contribution in [3.05, 3.63) is 28.8 Å². The van der Waals surface area contributed by atoms with Crippen molar-refractivity contribution in [2.45, 2.75) is 51.0 Å². The van der Waals surface area contributed by atoms with E-state index in [-0.39, 0.29) is 0 Å². The zero-order valence-corrected chi connectivity index (χ0v) is 11.5. The van der Waals surface area contributed by atoms with Gasteiger partial charge in [0, 0.05) is 18.5 Å². The molecule has 0 saturated heterocycles. The van der Waals surface area contributed by atoms with Gasteiger partial charge in [0.25, 0.3) is 0 Å². The van der Waals surface area contributed by atoms with E-state index in [1.807, 2.05) is 0 Å². The summed E-state index contributed by atoms with van der Waals surface area (Å²) < 4.78 is 5.46. The number of ether oxygens (including phenoxy) is 1. The maximum atomic E-state index is 5.46. The molecule has 1 spiro atoms. The van der Waals surface area contributed by atoms with Crippen molar-refractivity contribution in [3.8, 4) is 5.75 Å². The molecule has 1 aliphatic carbocycles. The topological polar surface area (TPSA) is 21.3 Å². The van der Waals surface area contributed by atoms with Crippen LogP contribution in [0.3, 0.4) is 0 Å². The number of rotatable bonds is 1. The lowest BCUT2D eigenvalue weighted by molar-refractivity contribution is 0.264. The van der Waals surface area contributed by atoms with Gasteiger partial charge in [-0.1, -0.05) is 25.3 Å². The van der Waals surface area contributed by atoms with Crippen LogP contribution in [0.15, 0.2) is 12.1 Å². The van der Waals surface area contributed by atoms with E-state index in [1.54, 1.807) is 12.7 Å². The first-order chi connectivity index (χ1) is 8.75. The maximum Gasteiger partial charge on any atom is 0.122 e. The maximum absolute atomic E-state index is 5.46. The molecule has 98 valence electrons. The van der Waals surface area contributed by atoms with Crippen molar-refractivity contribution in [3.63, 3.8) is 0 Å². The molecule has 1 fully saturated rings. The van der Waals surface area contributed by atoms with Crippen molar-refractivity contribution >= 4 is 0 Å². The Kier molecular flexibility index (Phi) is 3.06. The van der Waals surface area contributed by atoms with E-state index in [4.69, 9.17) is 4.74 Å². The zero-order chi connectivity index (χ0) is 12.6. The van der Waals surface area contributed by atoms with Crippen LogP contribution in [-0.4, -0.2) is 13.7 Å². The summed E-state index contributed by atoms with van der Waals surface area (Å²) in [6, 6.07) is 4.63. The summed E-state index contributed by atoms with van der Waals surface area (Å²) >= 11 is 0. The molecule has 0 bridgehead atoms. The third-order valence-electron chi connectivity index (χ3n) is 4.78. The van der Waals surface area contributed by atoms with E-state index in [0.29, 0.717) is 5.41 Å². The summed E-state index contributed by atoms with van der Waals surface area (Å²) in [6.07, 6.45) is 6.86. The first kappa shape index (κ1) is 12.0. The van der Waals surface area contributed by atoms with Gasteiger partial charge in [-0.05, 0) is 42.5 Å². The molecule has 1 aromatic rings. The van der Waals surface area contributed by atoms with Gasteiger partial charge < -0.3 is 10.1 Å². The molecule has 2 heteroatoms. The van der Waals surface area contributed by atoms with Gasteiger partial charge >= 0.3 is 0 Å². The number of nitrogens with one attached hydrogen (secondary N) is 1. The highest BCUT2D eigenvalue weighted by molar-refractivity contribution is 5.47. The Morgan fingerprint density at radius 3 is 2.67 bits per heavy atom. The summed E-state index contributed by atoms with van der Waals surface area (Å²) in [6.45, 7) is 4.32. The minimum Gasteiger partial charge on any atom is -0.496 e. The van der Waals surface area contributed by atoms with E-state index in [2.05, 4.69) is 24.4 Å². The molecule has 0 amide bonds. The van der Waals surface area contributed by atoms with E-state index in [9.17, 15) is 0 Å². The smallest absolute Gasteiger partial charge is 0.122 e. The fraction of sp³-hybridized carbons (Fsp3) is 0.625. The van der Waals surface area contributed by atoms with Crippen LogP contribution in [0.25, 0.3) is 0 Å². The van der Waals surface area contributed by atoms with Crippen LogP contribution in [0.5, 0.6) is 5.75 Å². The fourth-order valence-electron chi connectivity index (χ4n) is 3.80. The Bertz CT molecular complexity index is 447. The van der Waals surface area contributed by atoms with Crippen molar-refractivity contribution < 1.29 is 4.74 Å². The van der Waals surface area contributed by atoms with Crippen molar-refractivity contribution in [2.75, 3.05) is 13.7 Å². The van der Waals surface area contributed by atoms with Crippen molar-refractivity contribution in [1.82, 2.24) is 5.32 Å². The van der Waals surface area contributed by atoms with Crippen LogP contribution in [0.1, 0.15) is 48.8 Å². The Balaban J connectivity index is 2.07. The number of hydrogen-bond donors (Lipinski definition) is 1. The van der Waals surface area contributed by atoms with Crippen LogP contribution in [-0.2, 0) is 12.0 Å². The lowest BCUT2D eigenvalue weighted by Gasteiger charge is -2.43. The summed E-state index contributed by atoms with van der Waals surface area (Å²) in [7, 11) is 1.77. The summed E-state index contributed by atoms with van der Waals surface area (Å²) in [4.78, 5) is 0. The van der Waals surface area contributed by atoms with Crippen LogP contribution >= 0.6 is 0 Å². The average Bonchev–Trinajstić information content (AvgIpc) is 2.40. The van der Waals surface area contributed by atoms with Gasteiger partial charge in [-0.15, -0.1) is 0 Å². The quantitative estimate of drug-likeness (QED) is 0.819. The number of methoxy groups -OCH3 is 1. The van der Waals surface area contributed by atoms with E-state index in [1.165, 1.54) is 43.2 Å². The van der Waals surface area contributed by atoms with Gasteiger partial charge in [-0.3, -0.25) is 0 Å². The number of hydrogen-bond acceptors (Lipinski definition) is 2. The molecule has 3 rings (SSSR count). The Morgan fingerprint density at radius 2 is 1.94 bits per heavy atom. The predicted molar refractivity (Wildman–Crippen MR) is 74.2 cm³/mol. The minimum absolute atomic E-state index is 0.406. The SMILES string of the molecule is COc1cc2c(cc1C)C1(CCCCC1)CNC2.